The topological polar surface area (TPSA) is 80.7 Å². The fraction of sp³-hybridized carbons (Fsp3) is 0.533. The minimum absolute atomic E-state index is 0.0816. The highest BCUT2D eigenvalue weighted by Gasteiger charge is 2.21. The molecule has 1 unspecified atom stereocenters. The van der Waals surface area contributed by atoms with Gasteiger partial charge >= 0.3 is 5.97 Å². The van der Waals surface area contributed by atoms with Gasteiger partial charge in [0.25, 0.3) is 0 Å². The molecule has 0 aromatic heterocycles. The Kier molecular flexibility index (Phi) is 6.68. The highest BCUT2D eigenvalue weighted by molar-refractivity contribution is 7.91. The molecule has 1 atom stereocenters. The average molecular weight is 314 g/mol. The third-order valence-corrected chi connectivity index (χ3v) is 5.15. The first kappa shape index (κ1) is 17.5. The normalized spacial score (nSPS) is 12.9. The molecule has 0 heterocycles. The van der Waals surface area contributed by atoms with Crippen LogP contribution >= 0.6 is 0 Å². The summed E-state index contributed by atoms with van der Waals surface area (Å²) in [6, 6.07) is 7.17. The van der Waals surface area contributed by atoms with Crippen molar-refractivity contribution in [1.29, 1.82) is 0 Å². The molecule has 0 saturated heterocycles. The Hall–Kier alpha value is -1.56. The van der Waals surface area contributed by atoms with Gasteiger partial charge in [-0.2, -0.15) is 0 Å². The number of methoxy groups -OCH3 is 1. The highest BCUT2D eigenvalue weighted by atomic mass is 32.2. The first-order valence-corrected chi connectivity index (χ1v) is 8.76. The molecule has 0 radical (unpaired) electrons. The number of sulfone groups is 1. The third kappa shape index (κ3) is 6.16. The fourth-order valence-electron chi connectivity index (χ4n) is 2.13. The number of hydrogen-bond donors (Lipinski definition) is 1. The molecular weight excluding hydrogens is 292 g/mol. The number of aliphatic carboxylic acids is 1. The van der Waals surface area contributed by atoms with Gasteiger partial charge in [0.2, 0.25) is 0 Å². The van der Waals surface area contributed by atoms with Gasteiger partial charge in [-0.3, -0.25) is 4.79 Å². The monoisotopic (exact) mass is 314 g/mol. The van der Waals surface area contributed by atoms with Gasteiger partial charge in [0, 0.05) is 5.75 Å². The summed E-state index contributed by atoms with van der Waals surface area (Å²) in [4.78, 5) is 11.3. The summed E-state index contributed by atoms with van der Waals surface area (Å²) in [6.45, 7) is 1.79. The molecule has 0 aliphatic carbocycles. The Morgan fingerprint density at radius 2 is 2.05 bits per heavy atom. The SMILES string of the molecule is CCCS(=O)(=O)CCC(Cc1cccc(OC)c1)C(=O)O. The molecule has 1 N–H and O–H groups in total. The van der Waals surface area contributed by atoms with Crippen LogP contribution in [0, 0.1) is 5.92 Å². The van der Waals surface area contributed by atoms with Gasteiger partial charge in [0.15, 0.2) is 0 Å². The molecule has 118 valence electrons. The number of hydrogen-bond acceptors (Lipinski definition) is 4. The first-order chi connectivity index (χ1) is 9.88. The van der Waals surface area contributed by atoms with Crippen molar-refractivity contribution in [2.75, 3.05) is 18.6 Å². The molecule has 0 aliphatic heterocycles. The summed E-state index contributed by atoms with van der Waals surface area (Å²) in [7, 11) is -1.61. The van der Waals surface area contributed by atoms with Gasteiger partial charge in [0.05, 0.1) is 18.8 Å². The molecule has 0 bridgehead atoms. The average Bonchev–Trinajstić information content (AvgIpc) is 2.43. The van der Waals surface area contributed by atoms with Crippen molar-refractivity contribution >= 4 is 15.8 Å². The van der Waals surface area contributed by atoms with Crippen molar-refractivity contribution in [3.8, 4) is 5.75 Å². The lowest BCUT2D eigenvalue weighted by atomic mass is 9.97. The summed E-state index contributed by atoms with van der Waals surface area (Å²) in [5, 5.41) is 9.26. The Balaban J connectivity index is 2.72. The van der Waals surface area contributed by atoms with E-state index in [-0.39, 0.29) is 17.9 Å². The molecule has 0 saturated carbocycles. The lowest BCUT2D eigenvalue weighted by Gasteiger charge is -2.13. The van der Waals surface area contributed by atoms with Crippen LogP contribution in [-0.2, 0) is 21.1 Å². The van der Waals surface area contributed by atoms with Crippen molar-refractivity contribution in [2.24, 2.45) is 5.92 Å². The van der Waals surface area contributed by atoms with Crippen molar-refractivity contribution < 1.29 is 23.1 Å². The lowest BCUT2D eigenvalue weighted by Crippen LogP contribution is -2.21. The second kappa shape index (κ2) is 8.02. The molecule has 6 heteroatoms. The van der Waals surface area contributed by atoms with Crippen LogP contribution in [0.2, 0.25) is 0 Å². The molecule has 1 aromatic rings. The van der Waals surface area contributed by atoms with Crippen LogP contribution in [-0.4, -0.2) is 38.1 Å². The molecule has 5 nitrogen and oxygen atoms in total. The van der Waals surface area contributed by atoms with E-state index in [0.29, 0.717) is 18.6 Å². The van der Waals surface area contributed by atoms with Gasteiger partial charge < -0.3 is 9.84 Å². The van der Waals surface area contributed by atoms with Crippen LogP contribution in [0.25, 0.3) is 0 Å². The van der Waals surface area contributed by atoms with Crippen LogP contribution in [0.4, 0.5) is 0 Å². The van der Waals surface area contributed by atoms with E-state index in [9.17, 15) is 18.3 Å². The van der Waals surface area contributed by atoms with Gasteiger partial charge in [0.1, 0.15) is 15.6 Å². The summed E-state index contributed by atoms with van der Waals surface area (Å²) in [5.41, 5.74) is 0.828. The standard InChI is InChI=1S/C15H22O5S/c1-3-8-21(18,19)9-7-13(15(16)17)10-12-5-4-6-14(11-12)20-2/h4-6,11,13H,3,7-10H2,1-2H3,(H,16,17). The Morgan fingerprint density at radius 3 is 2.62 bits per heavy atom. The maximum atomic E-state index is 11.7. The Labute approximate surface area is 125 Å². The third-order valence-electron chi connectivity index (χ3n) is 3.26. The molecule has 0 aliphatic rings. The van der Waals surface area contributed by atoms with E-state index in [1.807, 2.05) is 6.07 Å². The number of ether oxygens (including phenoxy) is 1. The smallest absolute Gasteiger partial charge is 0.306 e. The van der Waals surface area contributed by atoms with E-state index in [4.69, 9.17) is 4.74 Å². The maximum Gasteiger partial charge on any atom is 0.306 e. The van der Waals surface area contributed by atoms with Crippen molar-refractivity contribution in [3.63, 3.8) is 0 Å². The minimum Gasteiger partial charge on any atom is -0.497 e. The first-order valence-electron chi connectivity index (χ1n) is 6.94. The zero-order chi connectivity index (χ0) is 15.9. The van der Waals surface area contributed by atoms with Crippen molar-refractivity contribution in [1.82, 2.24) is 0 Å². The molecule has 1 rings (SSSR count). The molecule has 0 spiro atoms. The zero-order valence-corrected chi connectivity index (χ0v) is 13.2. The Morgan fingerprint density at radius 1 is 1.33 bits per heavy atom. The van der Waals surface area contributed by atoms with Crippen molar-refractivity contribution in [3.05, 3.63) is 29.8 Å². The predicted octanol–water partition coefficient (Wildman–Crippen LogP) is 2.15. The van der Waals surface area contributed by atoms with Gasteiger partial charge in [-0.15, -0.1) is 0 Å². The number of rotatable bonds is 9. The van der Waals surface area contributed by atoms with Crippen LogP contribution in [0.15, 0.2) is 24.3 Å². The largest absolute Gasteiger partial charge is 0.497 e. The lowest BCUT2D eigenvalue weighted by molar-refractivity contribution is -0.141. The number of benzene rings is 1. The van der Waals surface area contributed by atoms with Crippen LogP contribution < -0.4 is 4.74 Å². The fourth-order valence-corrected chi connectivity index (χ4v) is 3.60. The highest BCUT2D eigenvalue weighted by Crippen LogP contribution is 2.18. The summed E-state index contributed by atoms with van der Waals surface area (Å²) < 4.78 is 28.5. The number of carbonyl (C=O) groups is 1. The quantitative estimate of drug-likeness (QED) is 0.755. The van der Waals surface area contributed by atoms with Gasteiger partial charge in [-0.05, 0) is 37.0 Å². The second-order valence-corrected chi connectivity index (χ2v) is 7.33. The zero-order valence-electron chi connectivity index (χ0n) is 12.4. The van der Waals surface area contributed by atoms with E-state index >= 15 is 0 Å². The molecule has 21 heavy (non-hydrogen) atoms. The number of carboxylic acid groups (broad SMARTS) is 1. The van der Waals surface area contributed by atoms with E-state index in [1.54, 1.807) is 32.2 Å². The maximum absolute atomic E-state index is 11.7. The predicted molar refractivity (Wildman–Crippen MR) is 81.4 cm³/mol. The summed E-state index contributed by atoms with van der Waals surface area (Å²) >= 11 is 0. The second-order valence-electron chi connectivity index (χ2n) is 5.03. The van der Waals surface area contributed by atoms with Crippen molar-refractivity contribution in [2.45, 2.75) is 26.2 Å². The van der Waals surface area contributed by atoms with E-state index in [0.717, 1.165) is 5.56 Å². The van der Waals surface area contributed by atoms with E-state index in [1.165, 1.54) is 0 Å². The van der Waals surface area contributed by atoms with Gasteiger partial charge in [-0.1, -0.05) is 19.1 Å². The summed E-state index contributed by atoms with van der Waals surface area (Å²) in [6.07, 6.45) is 0.985. The van der Waals surface area contributed by atoms with Crippen LogP contribution in [0.3, 0.4) is 0 Å². The van der Waals surface area contributed by atoms with E-state index in [2.05, 4.69) is 0 Å². The van der Waals surface area contributed by atoms with Crippen LogP contribution in [0.5, 0.6) is 5.75 Å². The molecule has 0 fully saturated rings. The van der Waals surface area contributed by atoms with Crippen LogP contribution in [0.1, 0.15) is 25.3 Å². The summed E-state index contributed by atoms with van der Waals surface area (Å²) in [5.74, 6) is -0.983. The molecule has 0 amide bonds. The Bertz CT molecular complexity index is 565. The minimum atomic E-state index is -3.15. The number of carboxylic acids is 1. The molecule has 1 aromatic carbocycles. The molecular formula is C15H22O5S. The van der Waals surface area contributed by atoms with Gasteiger partial charge in [-0.25, -0.2) is 8.42 Å². The van der Waals surface area contributed by atoms with E-state index < -0.39 is 21.7 Å².